The van der Waals surface area contributed by atoms with Crippen molar-refractivity contribution in [2.45, 2.75) is 19.8 Å². The predicted molar refractivity (Wildman–Crippen MR) is 56.8 cm³/mol. The Morgan fingerprint density at radius 3 is 3.00 bits per heavy atom. The second-order valence-electron chi connectivity index (χ2n) is 3.47. The van der Waals surface area contributed by atoms with Crippen LogP contribution in [0.15, 0.2) is 18.2 Å². The van der Waals surface area contributed by atoms with E-state index in [1.165, 1.54) is 0 Å². The summed E-state index contributed by atoms with van der Waals surface area (Å²) in [4.78, 5) is 10.5. The number of benzene rings is 1. The molecule has 0 amide bonds. The molecule has 0 saturated carbocycles. The summed E-state index contributed by atoms with van der Waals surface area (Å²) < 4.78 is 0. The molecular weight excluding hydrogens is 192 g/mol. The lowest BCUT2D eigenvalue weighted by molar-refractivity contribution is -0.136. The fourth-order valence-electron chi connectivity index (χ4n) is 1.68. The largest absolute Gasteiger partial charge is 0.481 e. The van der Waals surface area contributed by atoms with Gasteiger partial charge in [0.15, 0.2) is 0 Å². The van der Waals surface area contributed by atoms with E-state index in [2.05, 4.69) is 10.2 Å². The minimum atomic E-state index is -0.815. The van der Waals surface area contributed by atoms with Crippen LogP contribution in [0.2, 0.25) is 0 Å². The van der Waals surface area contributed by atoms with Crippen molar-refractivity contribution in [3.63, 3.8) is 0 Å². The van der Waals surface area contributed by atoms with Crippen LogP contribution in [-0.4, -0.2) is 21.3 Å². The molecule has 4 nitrogen and oxygen atoms in total. The average molecular weight is 204 g/mol. The van der Waals surface area contributed by atoms with Crippen molar-refractivity contribution < 1.29 is 9.90 Å². The van der Waals surface area contributed by atoms with Gasteiger partial charge >= 0.3 is 5.97 Å². The molecule has 2 N–H and O–H groups in total. The molecule has 1 heterocycles. The summed E-state index contributed by atoms with van der Waals surface area (Å²) in [7, 11) is 0. The van der Waals surface area contributed by atoms with E-state index in [0.717, 1.165) is 28.6 Å². The van der Waals surface area contributed by atoms with Gasteiger partial charge in [-0.1, -0.05) is 19.1 Å². The lowest BCUT2D eigenvalue weighted by atomic mass is 10.1. The van der Waals surface area contributed by atoms with Crippen molar-refractivity contribution in [1.29, 1.82) is 0 Å². The molecule has 0 atom stereocenters. The summed E-state index contributed by atoms with van der Waals surface area (Å²) in [5.41, 5.74) is 2.72. The highest BCUT2D eigenvalue weighted by molar-refractivity contribution is 5.83. The number of aryl methyl sites for hydroxylation is 1. The molecule has 2 rings (SSSR count). The molecule has 1 aromatic carbocycles. The first kappa shape index (κ1) is 9.71. The lowest BCUT2D eigenvalue weighted by Gasteiger charge is -1.97. The molecule has 0 aliphatic rings. The number of hydrogen-bond donors (Lipinski definition) is 2. The standard InChI is InChI=1S/C11H12N2O2/c1-2-9-8-4-3-7(6-11(14)15)5-10(8)13-12-9/h3-5H,2,6H2,1H3,(H,12,13)(H,14,15). The van der Waals surface area contributed by atoms with E-state index in [4.69, 9.17) is 5.11 Å². The molecule has 0 aliphatic carbocycles. The van der Waals surface area contributed by atoms with Gasteiger partial charge in [0.2, 0.25) is 0 Å². The van der Waals surface area contributed by atoms with Crippen molar-refractivity contribution in [2.75, 3.05) is 0 Å². The van der Waals surface area contributed by atoms with E-state index < -0.39 is 5.97 Å². The molecule has 0 bridgehead atoms. The molecule has 2 aromatic rings. The highest BCUT2D eigenvalue weighted by atomic mass is 16.4. The van der Waals surface area contributed by atoms with Gasteiger partial charge in [-0.15, -0.1) is 0 Å². The Labute approximate surface area is 86.9 Å². The monoisotopic (exact) mass is 204 g/mol. The van der Waals surface area contributed by atoms with E-state index in [9.17, 15) is 4.79 Å². The summed E-state index contributed by atoms with van der Waals surface area (Å²) in [5.74, 6) is -0.815. The Balaban J connectivity index is 2.44. The number of rotatable bonds is 3. The number of aliphatic carboxylic acids is 1. The van der Waals surface area contributed by atoms with Gasteiger partial charge in [-0.2, -0.15) is 5.10 Å². The molecule has 0 spiro atoms. The Kier molecular flexibility index (Phi) is 2.41. The molecule has 78 valence electrons. The molecule has 0 unspecified atom stereocenters. The van der Waals surface area contributed by atoms with Crippen LogP contribution in [-0.2, 0) is 17.6 Å². The van der Waals surface area contributed by atoms with E-state index in [-0.39, 0.29) is 6.42 Å². The first-order valence-electron chi connectivity index (χ1n) is 4.88. The highest BCUT2D eigenvalue weighted by Gasteiger charge is 2.06. The summed E-state index contributed by atoms with van der Waals surface area (Å²) >= 11 is 0. The first-order valence-corrected chi connectivity index (χ1v) is 4.88. The molecule has 4 heteroatoms. The van der Waals surface area contributed by atoms with Gasteiger partial charge in [-0.25, -0.2) is 0 Å². The second-order valence-corrected chi connectivity index (χ2v) is 3.47. The number of fused-ring (bicyclic) bond motifs is 1. The van der Waals surface area contributed by atoms with Crippen LogP contribution in [0.4, 0.5) is 0 Å². The van der Waals surface area contributed by atoms with Crippen LogP contribution in [0.1, 0.15) is 18.2 Å². The van der Waals surface area contributed by atoms with E-state index >= 15 is 0 Å². The highest BCUT2D eigenvalue weighted by Crippen LogP contribution is 2.18. The van der Waals surface area contributed by atoms with Crippen molar-refractivity contribution in [2.24, 2.45) is 0 Å². The van der Waals surface area contributed by atoms with E-state index in [1.807, 2.05) is 25.1 Å². The zero-order chi connectivity index (χ0) is 10.8. The van der Waals surface area contributed by atoms with Gasteiger partial charge in [0, 0.05) is 5.39 Å². The zero-order valence-corrected chi connectivity index (χ0v) is 8.45. The van der Waals surface area contributed by atoms with Crippen molar-refractivity contribution >= 4 is 16.9 Å². The predicted octanol–water partition coefficient (Wildman–Crippen LogP) is 1.75. The second kappa shape index (κ2) is 3.73. The summed E-state index contributed by atoms with van der Waals surface area (Å²) in [6.45, 7) is 2.04. The Morgan fingerprint density at radius 2 is 2.33 bits per heavy atom. The van der Waals surface area contributed by atoms with Crippen LogP contribution in [0.3, 0.4) is 0 Å². The number of nitrogens with one attached hydrogen (secondary N) is 1. The number of hydrogen-bond acceptors (Lipinski definition) is 2. The number of nitrogens with zero attached hydrogens (tertiary/aromatic N) is 1. The van der Waals surface area contributed by atoms with Crippen molar-refractivity contribution in [3.8, 4) is 0 Å². The first-order chi connectivity index (χ1) is 7.20. The van der Waals surface area contributed by atoms with E-state index in [1.54, 1.807) is 0 Å². The van der Waals surface area contributed by atoms with Crippen LogP contribution in [0, 0.1) is 0 Å². The third-order valence-electron chi connectivity index (χ3n) is 2.40. The van der Waals surface area contributed by atoms with Crippen LogP contribution < -0.4 is 0 Å². The maximum atomic E-state index is 10.5. The quantitative estimate of drug-likeness (QED) is 0.800. The third-order valence-corrected chi connectivity index (χ3v) is 2.40. The fraction of sp³-hybridized carbons (Fsp3) is 0.273. The van der Waals surface area contributed by atoms with Gasteiger partial charge in [-0.05, 0) is 18.1 Å². The topological polar surface area (TPSA) is 66.0 Å². The zero-order valence-electron chi connectivity index (χ0n) is 8.45. The summed E-state index contributed by atoms with van der Waals surface area (Å²) in [5, 5.41) is 16.8. The minimum Gasteiger partial charge on any atom is -0.481 e. The Morgan fingerprint density at radius 1 is 1.53 bits per heavy atom. The maximum absolute atomic E-state index is 10.5. The lowest BCUT2D eigenvalue weighted by Crippen LogP contribution is -1.99. The number of carbonyl (C=O) groups is 1. The smallest absolute Gasteiger partial charge is 0.307 e. The molecule has 0 aliphatic heterocycles. The molecule has 0 radical (unpaired) electrons. The van der Waals surface area contributed by atoms with Crippen molar-refractivity contribution in [1.82, 2.24) is 10.2 Å². The van der Waals surface area contributed by atoms with E-state index in [0.29, 0.717) is 0 Å². The normalized spacial score (nSPS) is 10.7. The van der Waals surface area contributed by atoms with Crippen LogP contribution >= 0.6 is 0 Å². The number of aromatic amines is 1. The Hall–Kier alpha value is -1.84. The van der Waals surface area contributed by atoms with Gasteiger partial charge < -0.3 is 5.11 Å². The minimum absolute atomic E-state index is 0.0520. The SMILES string of the molecule is CCc1n[nH]c2cc(CC(=O)O)ccc12. The Bertz CT molecular complexity index is 502. The molecule has 1 aromatic heterocycles. The van der Waals surface area contributed by atoms with Crippen LogP contribution in [0.5, 0.6) is 0 Å². The average Bonchev–Trinajstić information content (AvgIpc) is 2.58. The molecule has 15 heavy (non-hydrogen) atoms. The van der Waals surface area contributed by atoms with Gasteiger partial charge in [0.1, 0.15) is 0 Å². The van der Waals surface area contributed by atoms with Gasteiger partial charge in [-0.3, -0.25) is 9.89 Å². The fourth-order valence-corrected chi connectivity index (χ4v) is 1.68. The summed E-state index contributed by atoms with van der Waals surface area (Å²) in [6.07, 6.45) is 0.925. The van der Waals surface area contributed by atoms with Crippen LogP contribution in [0.25, 0.3) is 10.9 Å². The van der Waals surface area contributed by atoms with Crippen molar-refractivity contribution in [3.05, 3.63) is 29.5 Å². The van der Waals surface area contributed by atoms with Gasteiger partial charge in [0.25, 0.3) is 0 Å². The molecule has 0 fully saturated rings. The number of H-pyrrole nitrogens is 1. The van der Waals surface area contributed by atoms with Gasteiger partial charge in [0.05, 0.1) is 17.6 Å². The number of carboxylic acids is 1. The molecular formula is C11H12N2O2. The molecule has 0 saturated heterocycles. The number of aromatic nitrogens is 2. The third kappa shape index (κ3) is 1.83. The summed E-state index contributed by atoms with van der Waals surface area (Å²) in [6, 6.07) is 5.61. The maximum Gasteiger partial charge on any atom is 0.307 e. The number of carboxylic acid groups (broad SMARTS) is 1.